The standard InChI is InChI=1S/C23H14FN7O/c24-13-5-12(6-14(32)7-13)16-9-26-10-20-15(16)8-19(28-20)23-22-18(30-31-23)2-1-17(29-22)21-11-25-3-4-27-21/h1-11,28,32H,(H,30,31). The van der Waals surface area contributed by atoms with Gasteiger partial charge < -0.3 is 10.1 Å². The van der Waals surface area contributed by atoms with E-state index in [-0.39, 0.29) is 5.75 Å². The predicted molar refractivity (Wildman–Crippen MR) is 117 cm³/mol. The summed E-state index contributed by atoms with van der Waals surface area (Å²) in [6.45, 7) is 0. The zero-order valence-electron chi connectivity index (χ0n) is 16.4. The van der Waals surface area contributed by atoms with Crippen molar-refractivity contribution in [1.29, 1.82) is 0 Å². The maximum atomic E-state index is 13.9. The van der Waals surface area contributed by atoms with Crippen molar-refractivity contribution in [3.63, 3.8) is 0 Å². The van der Waals surface area contributed by atoms with Crippen LogP contribution >= 0.6 is 0 Å². The van der Waals surface area contributed by atoms with Crippen molar-refractivity contribution in [2.45, 2.75) is 0 Å². The van der Waals surface area contributed by atoms with Gasteiger partial charge in [0.1, 0.15) is 28.5 Å². The number of aromatic nitrogens is 7. The van der Waals surface area contributed by atoms with Gasteiger partial charge in [0.2, 0.25) is 0 Å². The van der Waals surface area contributed by atoms with Crippen LogP contribution in [-0.4, -0.2) is 40.2 Å². The van der Waals surface area contributed by atoms with Gasteiger partial charge in [0.15, 0.2) is 0 Å². The highest BCUT2D eigenvalue weighted by Gasteiger charge is 2.16. The van der Waals surface area contributed by atoms with Gasteiger partial charge in [-0.1, -0.05) is 0 Å². The fourth-order valence-electron chi connectivity index (χ4n) is 3.80. The molecule has 0 atom stereocenters. The third kappa shape index (κ3) is 2.95. The Hall–Kier alpha value is -4.66. The van der Waals surface area contributed by atoms with Crippen molar-refractivity contribution >= 4 is 21.9 Å². The number of halogens is 1. The van der Waals surface area contributed by atoms with Crippen molar-refractivity contribution in [2.24, 2.45) is 0 Å². The first-order valence-electron chi connectivity index (χ1n) is 9.74. The van der Waals surface area contributed by atoms with Gasteiger partial charge in [-0.3, -0.25) is 20.1 Å². The van der Waals surface area contributed by atoms with Crippen LogP contribution in [0.5, 0.6) is 5.75 Å². The molecular weight excluding hydrogens is 409 g/mol. The number of rotatable bonds is 3. The van der Waals surface area contributed by atoms with E-state index in [4.69, 9.17) is 4.98 Å². The second kappa shape index (κ2) is 6.95. The summed E-state index contributed by atoms with van der Waals surface area (Å²) in [6.07, 6.45) is 8.22. The smallest absolute Gasteiger partial charge is 0.135 e. The van der Waals surface area contributed by atoms with Gasteiger partial charge in [0, 0.05) is 35.6 Å². The molecular formula is C23H14FN7O. The summed E-state index contributed by atoms with van der Waals surface area (Å²) in [6, 6.07) is 9.61. The molecule has 3 N–H and O–H groups in total. The van der Waals surface area contributed by atoms with Crippen molar-refractivity contribution in [3.05, 3.63) is 73.2 Å². The molecule has 5 aromatic heterocycles. The number of phenols is 1. The maximum Gasteiger partial charge on any atom is 0.135 e. The molecule has 6 rings (SSSR count). The molecule has 32 heavy (non-hydrogen) atoms. The Kier molecular flexibility index (Phi) is 3.94. The molecule has 5 heterocycles. The van der Waals surface area contributed by atoms with E-state index >= 15 is 0 Å². The van der Waals surface area contributed by atoms with E-state index in [9.17, 15) is 9.50 Å². The van der Waals surface area contributed by atoms with Gasteiger partial charge in [-0.15, -0.1) is 0 Å². The number of nitrogens with zero attached hydrogens (tertiary/aromatic N) is 5. The lowest BCUT2D eigenvalue weighted by Gasteiger charge is -2.04. The lowest BCUT2D eigenvalue weighted by atomic mass is 10.0. The zero-order chi connectivity index (χ0) is 21.7. The van der Waals surface area contributed by atoms with Crippen LogP contribution in [0.1, 0.15) is 0 Å². The number of H-pyrrole nitrogens is 2. The molecule has 1 aromatic carbocycles. The molecule has 0 aliphatic rings. The van der Waals surface area contributed by atoms with Crippen LogP contribution in [0.2, 0.25) is 0 Å². The molecule has 0 saturated heterocycles. The third-order valence-electron chi connectivity index (χ3n) is 5.23. The van der Waals surface area contributed by atoms with E-state index in [1.807, 2.05) is 18.2 Å². The van der Waals surface area contributed by atoms with Crippen LogP contribution in [0.4, 0.5) is 4.39 Å². The fraction of sp³-hybridized carbons (Fsp3) is 0. The molecule has 6 aromatic rings. The van der Waals surface area contributed by atoms with Gasteiger partial charge in [-0.2, -0.15) is 5.10 Å². The molecule has 0 radical (unpaired) electrons. The quantitative estimate of drug-likeness (QED) is 0.387. The maximum absolute atomic E-state index is 13.9. The highest BCUT2D eigenvalue weighted by atomic mass is 19.1. The second-order valence-corrected chi connectivity index (χ2v) is 7.28. The Morgan fingerprint density at radius 1 is 0.875 bits per heavy atom. The Morgan fingerprint density at radius 3 is 2.66 bits per heavy atom. The van der Waals surface area contributed by atoms with Gasteiger partial charge in [-0.05, 0) is 35.9 Å². The Morgan fingerprint density at radius 2 is 1.81 bits per heavy atom. The minimum atomic E-state index is -0.521. The van der Waals surface area contributed by atoms with E-state index in [1.165, 1.54) is 12.1 Å². The molecule has 0 aliphatic carbocycles. The summed E-state index contributed by atoms with van der Waals surface area (Å²) in [7, 11) is 0. The van der Waals surface area contributed by atoms with E-state index in [2.05, 4.69) is 30.1 Å². The van der Waals surface area contributed by atoms with Crippen molar-refractivity contribution in [2.75, 3.05) is 0 Å². The van der Waals surface area contributed by atoms with Crippen molar-refractivity contribution in [3.8, 4) is 39.7 Å². The zero-order valence-corrected chi connectivity index (χ0v) is 16.4. The highest BCUT2D eigenvalue weighted by Crippen LogP contribution is 2.34. The average molecular weight is 423 g/mol. The van der Waals surface area contributed by atoms with Crippen LogP contribution in [0.3, 0.4) is 0 Å². The number of hydrogen-bond donors (Lipinski definition) is 3. The number of hydrogen-bond acceptors (Lipinski definition) is 6. The van der Waals surface area contributed by atoms with Gasteiger partial charge in [0.25, 0.3) is 0 Å². The van der Waals surface area contributed by atoms with Crippen LogP contribution in [0.25, 0.3) is 55.8 Å². The molecule has 0 bridgehead atoms. The van der Waals surface area contributed by atoms with E-state index in [1.54, 1.807) is 31.0 Å². The van der Waals surface area contributed by atoms with Crippen LogP contribution in [0, 0.1) is 5.82 Å². The second-order valence-electron chi connectivity index (χ2n) is 7.28. The number of phenolic OH excluding ortho intramolecular Hbond substituents is 1. The molecule has 9 heteroatoms. The first-order chi connectivity index (χ1) is 15.7. The minimum absolute atomic E-state index is 0.146. The van der Waals surface area contributed by atoms with Crippen molar-refractivity contribution in [1.82, 2.24) is 35.1 Å². The van der Waals surface area contributed by atoms with Gasteiger partial charge in [0.05, 0.1) is 34.8 Å². The number of pyridine rings is 2. The number of aromatic hydroxyl groups is 1. The first-order valence-corrected chi connectivity index (χ1v) is 9.74. The molecule has 0 spiro atoms. The first kappa shape index (κ1) is 18.1. The molecule has 0 amide bonds. The predicted octanol–water partition coefficient (Wildman–Crippen LogP) is 4.47. The van der Waals surface area contributed by atoms with Crippen LogP contribution in [-0.2, 0) is 0 Å². The lowest BCUT2D eigenvalue weighted by Crippen LogP contribution is -1.89. The van der Waals surface area contributed by atoms with E-state index in [0.29, 0.717) is 33.7 Å². The molecule has 0 fully saturated rings. The summed E-state index contributed by atoms with van der Waals surface area (Å²) in [5, 5.41) is 18.1. The largest absolute Gasteiger partial charge is 0.508 e. The molecule has 0 saturated carbocycles. The van der Waals surface area contributed by atoms with Gasteiger partial charge in [-0.25, -0.2) is 9.37 Å². The minimum Gasteiger partial charge on any atom is -0.508 e. The van der Waals surface area contributed by atoms with Crippen LogP contribution in [0.15, 0.2) is 67.4 Å². The Balaban J connectivity index is 1.52. The van der Waals surface area contributed by atoms with E-state index in [0.717, 1.165) is 28.2 Å². The average Bonchev–Trinajstić information content (AvgIpc) is 3.42. The molecule has 0 unspecified atom stereocenters. The topological polar surface area (TPSA) is 116 Å². The summed E-state index contributed by atoms with van der Waals surface area (Å²) < 4.78 is 13.9. The lowest BCUT2D eigenvalue weighted by molar-refractivity contribution is 0.469. The summed E-state index contributed by atoms with van der Waals surface area (Å²) >= 11 is 0. The number of nitrogens with one attached hydrogen (secondary N) is 2. The fourth-order valence-corrected chi connectivity index (χ4v) is 3.80. The number of benzene rings is 1. The molecule has 8 nitrogen and oxygen atoms in total. The third-order valence-corrected chi connectivity index (χ3v) is 5.23. The SMILES string of the molecule is Oc1cc(F)cc(-c2cncc3[nH]c(-c4n[nH]c5ccc(-c6cnccn6)nc45)cc23)c1. The van der Waals surface area contributed by atoms with E-state index < -0.39 is 5.82 Å². The summed E-state index contributed by atoms with van der Waals surface area (Å²) in [5.41, 5.74) is 6.13. The summed E-state index contributed by atoms with van der Waals surface area (Å²) in [4.78, 5) is 20.7. The van der Waals surface area contributed by atoms with Crippen LogP contribution < -0.4 is 0 Å². The monoisotopic (exact) mass is 423 g/mol. The van der Waals surface area contributed by atoms with Gasteiger partial charge >= 0.3 is 0 Å². The number of fused-ring (bicyclic) bond motifs is 2. The highest BCUT2D eigenvalue weighted by molar-refractivity contribution is 6.00. The normalized spacial score (nSPS) is 11.4. The van der Waals surface area contributed by atoms with Crippen molar-refractivity contribution < 1.29 is 9.50 Å². The summed E-state index contributed by atoms with van der Waals surface area (Å²) in [5.74, 6) is -0.668. The molecule has 0 aliphatic heterocycles. The molecule has 154 valence electrons. The number of aromatic amines is 2. The Bertz CT molecular complexity index is 1590. The Labute approximate surface area is 179 Å².